The number of rotatable bonds is 10. The Hall–Kier alpha value is -3.88. The fourth-order valence-electron chi connectivity index (χ4n) is 5.30. The Morgan fingerprint density at radius 3 is 2.21 bits per heavy atom. The first-order chi connectivity index (χ1) is 19.6. The molecule has 1 atom stereocenters. The predicted octanol–water partition coefficient (Wildman–Crippen LogP) is 1.31. The molecule has 2 aliphatic rings. The highest BCUT2D eigenvalue weighted by molar-refractivity contribution is 5.88. The lowest BCUT2D eigenvalue weighted by atomic mass is 9.83. The van der Waals surface area contributed by atoms with Crippen LogP contribution in [0.1, 0.15) is 42.4 Å². The fraction of sp³-hybridized carbons (Fsp3) is 0.536. The average molecular weight is 593 g/mol. The van der Waals surface area contributed by atoms with Crippen LogP contribution in [0.4, 0.5) is 4.39 Å². The second-order valence-electron chi connectivity index (χ2n) is 11.0. The molecule has 2 aliphatic heterocycles. The number of carboxylic acids is 3. The highest BCUT2D eigenvalue weighted by Crippen LogP contribution is 2.44. The molecule has 4 N–H and O–H groups in total. The van der Waals surface area contributed by atoms with Gasteiger partial charge in [-0.2, -0.15) is 5.10 Å². The summed E-state index contributed by atoms with van der Waals surface area (Å²) in [5, 5.41) is 38.2. The molecule has 1 unspecified atom stereocenters. The maximum Gasteiger partial charge on any atom is 0.336 e. The molecule has 0 bridgehead atoms. The van der Waals surface area contributed by atoms with Crippen LogP contribution in [0.2, 0.25) is 0 Å². The van der Waals surface area contributed by atoms with E-state index in [4.69, 9.17) is 25.2 Å². The molecule has 1 saturated heterocycles. The summed E-state index contributed by atoms with van der Waals surface area (Å²) in [6.45, 7) is 5.45. The van der Waals surface area contributed by atoms with Crippen molar-refractivity contribution in [1.29, 1.82) is 0 Å². The van der Waals surface area contributed by atoms with Crippen molar-refractivity contribution >= 4 is 23.8 Å². The molecule has 0 radical (unpaired) electrons. The lowest BCUT2D eigenvalue weighted by molar-refractivity contribution is -0.170. The summed E-state index contributed by atoms with van der Waals surface area (Å²) < 4.78 is 21.8. The lowest BCUT2D eigenvalue weighted by Crippen LogP contribution is -2.47. The van der Waals surface area contributed by atoms with E-state index in [1.807, 2.05) is 30.1 Å². The van der Waals surface area contributed by atoms with Crippen LogP contribution in [-0.2, 0) is 42.7 Å². The third-order valence-corrected chi connectivity index (χ3v) is 7.45. The van der Waals surface area contributed by atoms with Gasteiger partial charge in [-0.3, -0.25) is 19.1 Å². The number of aromatic nitrogens is 2. The van der Waals surface area contributed by atoms with Gasteiger partial charge in [-0.25, -0.2) is 9.18 Å². The smallest absolute Gasteiger partial charge is 0.336 e. The molecule has 1 aromatic carbocycles. The van der Waals surface area contributed by atoms with Crippen molar-refractivity contribution in [3.05, 3.63) is 53.1 Å². The lowest BCUT2D eigenvalue weighted by Gasteiger charge is -2.40. The van der Waals surface area contributed by atoms with Gasteiger partial charge in [-0.05, 0) is 48.6 Å². The number of aliphatic hydroxyl groups is 1. The Morgan fingerprint density at radius 2 is 1.71 bits per heavy atom. The summed E-state index contributed by atoms with van der Waals surface area (Å²) in [7, 11) is 3.60. The summed E-state index contributed by atoms with van der Waals surface area (Å²) >= 11 is 0. The first-order valence-corrected chi connectivity index (χ1v) is 13.4. The van der Waals surface area contributed by atoms with Crippen molar-refractivity contribution in [2.24, 2.45) is 5.92 Å². The van der Waals surface area contributed by atoms with Gasteiger partial charge in [-0.1, -0.05) is 6.07 Å². The molecule has 0 aliphatic carbocycles. The molecule has 3 heterocycles. The van der Waals surface area contributed by atoms with Crippen LogP contribution in [0.3, 0.4) is 0 Å². The van der Waals surface area contributed by atoms with Crippen molar-refractivity contribution in [2.45, 2.75) is 57.0 Å². The van der Waals surface area contributed by atoms with E-state index in [0.29, 0.717) is 19.7 Å². The molecule has 0 saturated carbocycles. The van der Waals surface area contributed by atoms with Crippen LogP contribution in [-0.4, -0.2) is 103 Å². The average Bonchev–Trinajstić information content (AvgIpc) is 3.46. The first-order valence-electron chi connectivity index (χ1n) is 13.4. The van der Waals surface area contributed by atoms with E-state index in [0.717, 1.165) is 42.6 Å². The second kappa shape index (κ2) is 13.4. The Bertz CT molecular complexity index is 1290. The van der Waals surface area contributed by atoms with Gasteiger partial charge >= 0.3 is 17.9 Å². The maximum absolute atomic E-state index is 13.8. The monoisotopic (exact) mass is 592 g/mol. The molecule has 230 valence electrons. The molecule has 4 rings (SSSR count). The number of fused-ring (bicyclic) bond motifs is 2. The number of aliphatic carboxylic acids is 3. The number of nitrogens with zero attached hydrogens (tertiary/aromatic N) is 4. The second-order valence-corrected chi connectivity index (χ2v) is 11.0. The minimum Gasteiger partial charge on any atom is -0.481 e. The number of ether oxygens (including phenoxy) is 1. The molecular weight excluding hydrogens is 555 g/mol. The summed E-state index contributed by atoms with van der Waals surface area (Å²) in [5.41, 5.74) is 0.0658. The maximum atomic E-state index is 13.8. The van der Waals surface area contributed by atoms with Crippen LogP contribution in [0.5, 0.6) is 0 Å². The molecule has 1 fully saturated rings. The van der Waals surface area contributed by atoms with Gasteiger partial charge in [0, 0.05) is 39.9 Å². The summed E-state index contributed by atoms with van der Waals surface area (Å²) in [6, 6.07) is 4.98. The molecule has 1 amide bonds. The Labute approximate surface area is 242 Å². The largest absolute Gasteiger partial charge is 0.481 e. The quantitative estimate of drug-likeness (QED) is 0.312. The highest BCUT2D eigenvalue weighted by atomic mass is 19.1. The van der Waals surface area contributed by atoms with Gasteiger partial charge < -0.3 is 35.0 Å². The minimum atomic E-state index is -2.74. The van der Waals surface area contributed by atoms with Gasteiger partial charge in [0.05, 0.1) is 43.7 Å². The third kappa shape index (κ3) is 8.11. The van der Waals surface area contributed by atoms with E-state index in [-0.39, 0.29) is 23.2 Å². The van der Waals surface area contributed by atoms with E-state index in [1.165, 1.54) is 6.07 Å². The van der Waals surface area contributed by atoms with E-state index in [9.17, 15) is 23.6 Å². The standard InChI is InChI=1S/C22H29FN4O2.C6H8O7/c1-16-11-24-27(12-16)14-18(21(28)25(2)3)13-26-8-6-22(7-9-26)20-10-19(23)5-4-17(20)15-29-22;7-3(8)1-6(13,5(11)12)2-4(9)10/h4-5,10-12,18H,6-9,13-15H2,1-3H3;13H,1-2H2,(H,7,8)(H,9,10)(H,11,12). The SMILES string of the molecule is Cc1cnn(CC(CN2CCC3(CC2)OCc2ccc(F)cc23)C(=O)N(C)C)c1.O=C(O)CC(O)(CC(=O)O)C(=O)O. The zero-order valence-electron chi connectivity index (χ0n) is 23.8. The fourth-order valence-corrected chi connectivity index (χ4v) is 5.30. The highest BCUT2D eigenvalue weighted by Gasteiger charge is 2.43. The molecule has 13 nitrogen and oxygen atoms in total. The van der Waals surface area contributed by atoms with Crippen molar-refractivity contribution in [3.63, 3.8) is 0 Å². The zero-order valence-corrected chi connectivity index (χ0v) is 23.8. The van der Waals surface area contributed by atoms with Crippen molar-refractivity contribution in [1.82, 2.24) is 19.6 Å². The number of hydrogen-bond acceptors (Lipinski definition) is 8. The van der Waals surface area contributed by atoms with Crippen molar-refractivity contribution in [3.8, 4) is 0 Å². The number of hydrogen-bond donors (Lipinski definition) is 4. The number of aryl methyl sites for hydroxylation is 1. The summed E-state index contributed by atoms with van der Waals surface area (Å²) in [6.07, 6.45) is 3.12. The van der Waals surface area contributed by atoms with Gasteiger partial charge in [0.1, 0.15) is 5.82 Å². The Kier molecular flexibility index (Phi) is 10.4. The van der Waals surface area contributed by atoms with Crippen LogP contribution >= 0.6 is 0 Å². The van der Waals surface area contributed by atoms with Gasteiger partial charge in [0.2, 0.25) is 5.91 Å². The Balaban J connectivity index is 0.000000316. The predicted molar refractivity (Wildman–Crippen MR) is 145 cm³/mol. The van der Waals surface area contributed by atoms with Crippen molar-refractivity contribution < 1.29 is 48.7 Å². The summed E-state index contributed by atoms with van der Waals surface area (Å²) in [5.74, 6) is -5.27. The van der Waals surface area contributed by atoms with Crippen LogP contribution in [0.15, 0.2) is 30.6 Å². The topological polar surface area (TPSA) is 183 Å². The molecular formula is C28H37FN4O9. The molecule has 42 heavy (non-hydrogen) atoms. The molecule has 14 heteroatoms. The number of amides is 1. The van der Waals surface area contributed by atoms with Gasteiger partial charge in [0.15, 0.2) is 5.60 Å². The van der Waals surface area contributed by atoms with Gasteiger partial charge in [0.25, 0.3) is 0 Å². The normalized spacial score (nSPS) is 16.7. The zero-order chi connectivity index (χ0) is 31.2. The number of likely N-dealkylation sites (tertiary alicyclic amines) is 1. The van der Waals surface area contributed by atoms with Crippen LogP contribution in [0.25, 0.3) is 0 Å². The number of carbonyl (C=O) groups is 4. The van der Waals surface area contributed by atoms with E-state index in [1.54, 1.807) is 25.1 Å². The number of carbonyl (C=O) groups excluding carboxylic acids is 1. The van der Waals surface area contributed by atoms with E-state index < -0.39 is 36.4 Å². The van der Waals surface area contributed by atoms with Gasteiger partial charge in [-0.15, -0.1) is 0 Å². The molecule has 1 aromatic heterocycles. The van der Waals surface area contributed by atoms with E-state index in [2.05, 4.69) is 10.00 Å². The number of halogens is 1. The number of piperidine rings is 1. The van der Waals surface area contributed by atoms with E-state index >= 15 is 0 Å². The summed E-state index contributed by atoms with van der Waals surface area (Å²) in [4.78, 5) is 47.2. The number of benzene rings is 1. The minimum absolute atomic E-state index is 0.114. The van der Waals surface area contributed by atoms with Crippen LogP contribution < -0.4 is 0 Å². The van der Waals surface area contributed by atoms with Crippen molar-refractivity contribution in [2.75, 3.05) is 33.7 Å². The van der Waals surface area contributed by atoms with Crippen LogP contribution in [0, 0.1) is 18.7 Å². The third-order valence-electron chi connectivity index (χ3n) is 7.45. The number of carboxylic acid groups (broad SMARTS) is 3. The molecule has 1 spiro atoms. The Morgan fingerprint density at radius 1 is 1.10 bits per heavy atom. The first kappa shape index (κ1) is 32.6. The molecule has 2 aromatic rings.